The van der Waals surface area contributed by atoms with Crippen LogP contribution >= 0.6 is 15.9 Å². The molecule has 0 radical (unpaired) electrons. The van der Waals surface area contributed by atoms with Gasteiger partial charge < -0.3 is 4.74 Å². The first kappa shape index (κ1) is 18.4. The maximum absolute atomic E-state index is 12.8. The fourth-order valence-electron chi connectivity index (χ4n) is 3.07. The van der Waals surface area contributed by atoms with Crippen molar-refractivity contribution < 1.29 is 9.53 Å². The van der Waals surface area contributed by atoms with Crippen LogP contribution < -0.4 is 4.74 Å². The summed E-state index contributed by atoms with van der Waals surface area (Å²) in [5.74, 6) is 0.332. The van der Waals surface area contributed by atoms with E-state index >= 15 is 0 Å². The molecule has 132 valence electrons. The summed E-state index contributed by atoms with van der Waals surface area (Å²) in [5, 5.41) is 0. The molecule has 3 rings (SSSR count). The number of carbonyl (C=O) groups is 1. The van der Waals surface area contributed by atoms with E-state index in [1.54, 1.807) is 0 Å². The molecule has 0 atom stereocenters. The van der Waals surface area contributed by atoms with Crippen LogP contribution in [0.1, 0.15) is 32.6 Å². The van der Waals surface area contributed by atoms with E-state index in [0.29, 0.717) is 11.3 Å². The Morgan fingerprint density at radius 3 is 2.19 bits per heavy atom. The molecule has 0 aliphatic rings. The third-order valence-corrected chi connectivity index (χ3v) is 4.84. The van der Waals surface area contributed by atoms with E-state index < -0.39 is 0 Å². The van der Waals surface area contributed by atoms with Gasteiger partial charge in [-0.25, -0.2) is 4.79 Å². The zero-order valence-corrected chi connectivity index (χ0v) is 16.5. The molecular weight excluding hydrogens is 388 g/mol. The molecule has 0 heterocycles. The smallest absolute Gasteiger partial charge is 0.343 e. The molecule has 2 nitrogen and oxygen atoms in total. The second kappa shape index (κ2) is 8.33. The summed E-state index contributed by atoms with van der Waals surface area (Å²) in [6, 6.07) is 21.9. The third-order valence-electron chi connectivity index (χ3n) is 4.38. The predicted octanol–water partition coefficient (Wildman–Crippen LogP) is 6.07. The van der Waals surface area contributed by atoms with Crippen LogP contribution in [0.2, 0.25) is 0 Å². The second-order valence-corrected chi connectivity index (χ2v) is 7.32. The number of ether oxygens (including phenoxy) is 1. The number of carbonyl (C=O) groups excluding carboxylic acids is 1. The van der Waals surface area contributed by atoms with Crippen LogP contribution in [0.3, 0.4) is 0 Å². The molecule has 0 N–H and O–H groups in total. The van der Waals surface area contributed by atoms with Crippen LogP contribution in [-0.4, -0.2) is 5.97 Å². The van der Waals surface area contributed by atoms with Gasteiger partial charge in [0.25, 0.3) is 0 Å². The Kier molecular flexibility index (Phi) is 5.89. The zero-order valence-electron chi connectivity index (χ0n) is 15.0. The highest BCUT2D eigenvalue weighted by molar-refractivity contribution is 9.10. The largest absolute Gasteiger partial charge is 0.422 e. The van der Waals surface area contributed by atoms with E-state index in [-0.39, 0.29) is 5.97 Å². The van der Waals surface area contributed by atoms with E-state index in [4.69, 9.17) is 4.74 Å². The molecule has 0 fully saturated rings. The maximum Gasteiger partial charge on any atom is 0.343 e. The van der Waals surface area contributed by atoms with Crippen molar-refractivity contribution in [1.29, 1.82) is 0 Å². The lowest BCUT2D eigenvalue weighted by Gasteiger charge is -2.13. The number of benzene rings is 3. The molecule has 0 saturated heterocycles. The van der Waals surface area contributed by atoms with Crippen LogP contribution in [0.15, 0.2) is 71.2 Å². The number of hydrogen-bond acceptors (Lipinski definition) is 2. The van der Waals surface area contributed by atoms with Gasteiger partial charge in [0.05, 0.1) is 5.56 Å². The normalized spacial score (nSPS) is 10.6. The Bertz CT molecular complexity index is 893. The number of rotatable bonds is 5. The summed E-state index contributed by atoms with van der Waals surface area (Å²) < 4.78 is 6.73. The van der Waals surface area contributed by atoms with Gasteiger partial charge in [0.15, 0.2) is 0 Å². The van der Waals surface area contributed by atoms with Crippen molar-refractivity contribution in [3.63, 3.8) is 0 Å². The van der Waals surface area contributed by atoms with Crippen LogP contribution in [0.5, 0.6) is 5.75 Å². The molecule has 0 unspecified atom stereocenters. The van der Waals surface area contributed by atoms with Crippen molar-refractivity contribution in [3.8, 4) is 5.75 Å². The van der Waals surface area contributed by atoms with Crippen LogP contribution in [0, 0.1) is 13.8 Å². The average molecular weight is 409 g/mol. The van der Waals surface area contributed by atoms with Crippen molar-refractivity contribution in [3.05, 3.63) is 99.0 Å². The quantitative estimate of drug-likeness (QED) is 0.378. The summed E-state index contributed by atoms with van der Waals surface area (Å²) >= 11 is 3.47. The number of esters is 1. The third kappa shape index (κ3) is 4.41. The Hall–Kier alpha value is -2.39. The maximum atomic E-state index is 12.8. The van der Waals surface area contributed by atoms with Crippen LogP contribution in [0.25, 0.3) is 0 Å². The summed E-state index contributed by atoms with van der Waals surface area (Å²) in [4.78, 5) is 12.8. The van der Waals surface area contributed by atoms with Gasteiger partial charge in [0.2, 0.25) is 0 Å². The molecule has 26 heavy (non-hydrogen) atoms. The van der Waals surface area contributed by atoms with E-state index in [1.165, 1.54) is 5.56 Å². The molecular formula is C23H21BrO2. The van der Waals surface area contributed by atoms with Gasteiger partial charge >= 0.3 is 5.97 Å². The Labute approximate surface area is 163 Å². The van der Waals surface area contributed by atoms with E-state index in [9.17, 15) is 4.79 Å². The van der Waals surface area contributed by atoms with Gasteiger partial charge in [0.1, 0.15) is 5.75 Å². The summed E-state index contributed by atoms with van der Waals surface area (Å²) in [7, 11) is 0. The lowest BCUT2D eigenvalue weighted by atomic mass is 10.00. The summed E-state index contributed by atoms with van der Waals surface area (Å²) in [6.45, 7) is 3.89. The molecule has 0 bridgehead atoms. The molecule has 0 aliphatic heterocycles. The van der Waals surface area contributed by atoms with Gasteiger partial charge in [-0.15, -0.1) is 0 Å². The molecule has 3 aromatic carbocycles. The van der Waals surface area contributed by atoms with Gasteiger partial charge in [-0.2, -0.15) is 0 Å². The first-order valence-corrected chi connectivity index (χ1v) is 9.44. The number of halogens is 1. The Morgan fingerprint density at radius 1 is 0.885 bits per heavy atom. The van der Waals surface area contributed by atoms with Crippen LogP contribution in [-0.2, 0) is 12.8 Å². The van der Waals surface area contributed by atoms with Crippen molar-refractivity contribution in [2.24, 2.45) is 0 Å². The zero-order chi connectivity index (χ0) is 18.5. The second-order valence-electron chi connectivity index (χ2n) is 6.40. The van der Waals surface area contributed by atoms with Crippen molar-refractivity contribution in [2.45, 2.75) is 26.7 Å². The molecule has 3 aromatic rings. The average Bonchev–Trinajstić information content (AvgIpc) is 2.64. The molecule has 0 saturated carbocycles. The molecule has 0 aromatic heterocycles. The predicted molar refractivity (Wildman–Crippen MR) is 109 cm³/mol. The first-order chi connectivity index (χ1) is 12.5. The van der Waals surface area contributed by atoms with E-state index in [0.717, 1.165) is 34.0 Å². The fourth-order valence-corrected chi connectivity index (χ4v) is 3.75. The Balaban J connectivity index is 1.80. The van der Waals surface area contributed by atoms with Crippen LogP contribution in [0.4, 0.5) is 0 Å². The highest BCUT2D eigenvalue weighted by Crippen LogP contribution is 2.28. The van der Waals surface area contributed by atoms with Gasteiger partial charge in [-0.1, -0.05) is 64.5 Å². The van der Waals surface area contributed by atoms with Gasteiger partial charge in [-0.3, -0.25) is 0 Å². The Morgan fingerprint density at radius 2 is 1.50 bits per heavy atom. The lowest BCUT2D eigenvalue weighted by molar-refractivity contribution is 0.0731. The standard InChI is InChI=1S/C23H21BrO2/c1-16-14-20(24)15-17(2)22(16)26-23(25)21-11-7-6-10-19(21)13-12-18-8-4-3-5-9-18/h3-11,14-15H,12-13H2,1-2H3. The monoisotopic (exact) mass is 408 g/mol. The van der Waals surface area contributed by atoms with E-state index in [2.05, 4.69) is 28.1 Å². The van der Waals surface area contributed by atoms with Crippen molar-refractivity contribution >= 4 is 21.9 Å². The molecule has 0 aliphatic carbocycles. The molecule has 0 spiro atoms. The minimum atomic E-state index is -0.304. The topological polar surface area (TPSA) is 26.3 Å². The summed E-state index contributed by atoms with van der Waals surface area (Å²) in [5.41, 5.74) is 4.77. The molecule has 3 heteroatoms. The van der Waals surface area contributed by atoms with Crippen molar-refractivity contribution in [1.82, 2.24) is 0 Å². The highest BCUT2D eigenvalue weighted by Gasteiger charge is 2.16. The summed E-state index contributed by atoms with van der Waals surface area (Å²) in [6.07, 6.45) is 1.69. The minimum absolute atomic E-state index is 0.304. The fraction of sp³-hybridized carbons (Fsp3) is 0.174. The lowest BCUT2D eigenvalue weighted by Crippen LogP contribution is -2.13. The number of aryl methyl sites for hydroxylation is 4. The van der Waals surface area contributed by atoms with Gasteiger partial charge in [0, 0.05) is 4.47 Å². The first-order valence-electron chi connectivity index (χ1n) is 8.65. The SMILES string of the molecule is Cc1cc(Br)cc(C)c1OC(=O)c1ccccc1CCc1ccccc1. The van der Waals surface area contributed by atoms with E-state index in [1.807, 2.05) is 68.4 Å². The van der Waals surface area contributed by atoms with Gasteiger partial charge in [-0.05, 0) is 67.1 Å². The minimum Gasteiger partial charge on any atom is -0.422 e. The number of hydrogen-bond donors (Lipinski definition) is 0. The molecule has 0 amide bonds. The highest BCUT2D eigenvalue weighted by atomic mass is 79.9. The van der Waals surface area contributed by atoms with Crippen molar-refractivity contribution in [2.75, 3.05) is 0 Å².